The third-order valence-corrected chi connectivity index (χ3v) is 5.38. The van der Waals surface area contributed by atoms with Gasteiger partial charge in [0.25, 0.3) is 0 Å². The maximum Gasteiger partial charge on any atom is 0.303 e. The van der Waals surface area contributed by atoms with E-state index in [0.717, 1.165) is 16.5 Å². The summed E-state index contributed by atoms with van der Waals surface area (Å²) in [7, 11) is 1.76. The van der Waals surface area contributed by atoms with Gasteiger partial charge in [-0.1, -0.05) is 12.1 Å². The van der Waals surface area contributed by atoms with Crippen molar-refractivity contribution >= 4 is 28.7 Å². The zero-order chi connectivity index (χ0) is 20.1. The van der Waals surface area contributed by atoms with E-state index in [9.17, 15) is 14.4 Å². The number of carboxylic acid groups (broad SMARTS) is 1. The fourth-order valence-electron chi connectivity index (χ4n) is 3.74. The molecule has 0 bridgehead atoms. The van der Waals surface area contributed by atoms with Crippen molar-refractivity contribution in [1.82, 2.24) is 15.2 Å². The first-order valence-corrected chi connectivity index (χ1v) is 9.47. The second-order valence-electron chi connectivity index (χ2n) is 7.50. The van der Waals surface area contributed by atoms with Crippen LogP contribution in [0.2, 0.25) is 0 Å². The smallest absolute Gasteiger partial charge is 0.303 e. The van der Waals surface area contributed by atoms with Crippen LogP contribution in [0.4, 0.5) is 0 Å². The Labute approximate surface area is 163 Å². The van der Waals surface area contributed by atoms with Crippen LogP contribution in [0.15, 0.2) is 36.5 Å². The first-order valence-electron chi connectivity index (χ1n) is 9.47. The van der Waals surface area contributed by atoms with Crippen molar-refractivity contribution in [3.8, 4) is 0 Å². The van der Waals surface area contributed by atoms with Crippen LogP contribution < -0.4 is 5.32 Å². The quantitative estimate of drug-likeness (QED) is 0.730. The summed E-state index contributed by atoms with van der Waals surface area (Å²) < 4.78 is 0. The van der Waals surface area contributed by atoms with Crippen molar-refractivity contribution in [3.63, 3.8) is 0 Å². The van der Waals surface area contributed by atoms with Crippen LogP contribution in [-0.2, 0) is 20.9 Å². The predicted molar refractivity (Wildman–Crippen MR) is 104 cm³/mol. The Morgan fingerprint density at radius 1 is 1.25 bits per heavy atom. The Hall–Kier alpha value is -2.96. The molecule has 1 saturated heterocycles. The van der Waals surface area contributed by atoms with Crippen LogP contribution in [0.3, 0.4) is 0 Å². The second kappa shape index (κ2) is 8.37. The van der Waals surface area contributed by atoms with Crippen LogP contribution >= 0.6 is 0 Å². The zero-order valence-electron chi connectivity index (χ0n) is 16.0. The summed E-state index contributed by atoms with van der Waals surface area (Å²) in [4.78, 5) is 41.2. The molecule has 7 nitrogen and oxygen atoms in total. The molecule has 0 spiro atoms. The Morgan fingerprint density at radius 3 is 2.75 bits per heavy atom. The monoisotopic (exact) mass is 383 g/mol. The normalized spacial score (nSPS) is 18.8. The topological polar surface area (TPSA) is 99.6 Å². The molecule has 2 amide bonds. The lowest BCUT2D eigenvalue weighted by Gasteiger charge is -2.29. The minimum atomic E-state index is -0.894. The van der Waals surface area contributed by atoms with E-state index in [0.29, 0.717) is 32.2 Å². The molecule has 0 saturated carbocycles. The molecule has 0 radical (unpaired) electrons. The van der Waals surface area contributed by atoms with Crippen LogP contribution in [-0.4, -0.2) is 45.4 Å². The van der Waals surface area contributed by atoms with E-state index in [1.165, 1.54) is 0 Å². The number of benzene rings is 1. The van der Waals surface area contributed by atoms with Gasteiger partial charge in [-0.2, -0.15) is 0 Å². The summed E-state index contributed by atoms with van der Waals surface area (Å²) in [6.45, 7) is 0.484. The Morgan fingerprint density at radius 2 is 2.04 bits per heavy atom. The standard InChI is InChI=1S/C21H25N3O4/c1-24(14-15-4-5-17-16(13-15)3-2-12-22-17)19(26)7-10-21(11-8-20(27)28)9-6-18(25)23-21/h2-5,12-13H,6-11,14H2,1H3,(H,23,25)(H,27,28)/t21-/m0/s1. The minimum absolute atomic E-state index is 0.0184. The van der Waals surface area contributed by atoms with Gasteiger partial charge in [-0.15, -0.1) is 0 Å². The second-order valence-corrected chi connectivity index (χ2v) is 7.50. The lowest BCUT2D eigenvalue weighted by atomic mass is 9.86. The zero-order valence-corrected chi connectivity index (χ0v) is 16.0. The molecule has 2 aromatic rings. The van der Waals surface area contributed by atoms with Gasteiger partial charge in [-0.05, 0) is 43.0 Å². The highest BCUT2D eigenvalue weighted by Crippen LogP contribution is 2.30. The molecule has 28 heavy (non-hydrogen) atoms. The van der Waals surface area contributed by atoms with Crippen molar-refractivity contribution in [2.75, 3.05) is 7.05 Å². The highest BCUT2D eigenvalue weighted by molar-refractivity contribution is 5.81. The predicted octanol–water partition coefficient (Wildman–Crippen LogP) is 2.49. The summed E-state index contributed by atoms with van der Waals surface area (Å²) in [6.07, 6.45) is 3.77. The lowest BCUT2D eigenvalue weighted by molar-refractivity contribution is -0.137. The van der Waals surface area contributed by atoms with Gasteiger partial charge in [0.2, 0.25) is 11.8 Å². The number of carbonyl (C=O) groups excluding carboxylic acids is 2. The molecule has 148 valence electrons. The number of hydrogen-bond donors (Lipinski definition) is 2. The van der Waals surface area contributed by atoms with Crippen LogP contribution in [0.25, 0.3) is 10.9 Å². The molecular formula is C21H25N3O4. The molecule has 2 heterocycles. The van der Waals surface area contributed by atoms with Gasteiger partial charge in [-0.25, -0.2) is 0 Å². The fourth-order valence-corrected chi connectivity index (χ4v) is 3.74. The molecule has 0 unspecified atom stereocenters. The summed E-state index contributed by atoms with van der Waals surface area (Å²) in [5.74, 6) is -0.993. The number of aromatic nitrogens is 1. The van der Waals surface area contributed by atoms with Crippen molar-refractivity contribution < 1.29 is 19.5 Å². The van der Waals surface area contributed by atoms with E-state index in [-0.39, 0.29) is 24.7 Å². The Bertz CT molecular complexity index is 898. The summed E-state index contributed by atoms with van der Waals surface area (Å²) in [5.41, 5.74) is 1.35. The van der Waals surface area contributed by atoms with E-state index in [2.05, 4.69) is 10.3 Å². The van der Waals surface area contributed by atoms with Crippen molar-refractivity contribution in [1.29, 1.82) is 0 Å². The number of aliphatic carboxylic acids is 1. The van der Waals surface area contributed by atoms with Gasteiger partial charge in [-0.3, -0.25) is 19.4 Å². The number of carbonyl (C=O) groups is 3. The average molecular weight is 383 g/mol. The van der Waals surface area contributed by atoms with E-state index >= 15 is 0 Å². The summed E-state index contributed by atoms with van der Waals surface area (Å²) in [6, 6.07) is 9.80. The largest absolute Gasteiger partial charge is 0.481 e. The molecular weight excluding hydrogens is 358 g/mol. The highest BCUT2D eigenvalue weighted by atomic mass is 16.4. The lowest BCUT2D eigenvalue weighted by Crippen LogP contribution is -2.43. The molecule has 0 aliphatic carbocycles. The van der Waals surface area contributed by atoms with E-state index in [4.69, 9.17) is 5.11 Å². The van der Waals surface area contributed by atoms with Crippen LogP contribution in [0.5, 0.6) is 0 Å². The van der Waals surface area contributed by atoms with E-state index in [1.54, 1.807) is 18.1 Å². The maximum atomic E-state index is 12.6. The molecule has 1 aromatic heterocycles. The van der Waals surface area contributed by atoms with Gasteiger partial charge >= 0.3 is 5.97 Å². The molecule has 3 rings (SSSR count). The molecule has 7 heteroatoms. The Kier molecular flexibility index (Phi) is 5.92. The summed E-state index contributed by atoms with van der Waals surface area (Å²) in [5, 5.41) is 12.9. The number of nitrogens with zero attached hydrogens (tertiary/aromatic N) is 2. The third kappa shape index (κ3) is 4.85. The van der Waals surface area contributed by atoms with Gasteiger partial charge in [0.05, 0.1) is 5.52 Å². The molecule has 1 atom stereocenters. The van der Waals surface area contributed by atoms with E-state index in [1.807, 2.05) is 30.3 Å². The Balaban J connectivity index is 1.59. The van der Waals surface area contributed by atoms with Crippen LogP contribution in [0.1, 0.15) is 44.1 Å². The molecule has 1 aliphatic heterocycles. The van der Waals surface area contributed by atoms with Gasteiger partial charge in [0.15, 0.2) is 0 Å². The fraction of sp³-hybridized carbons (Fsp3) is 0.429. The van der Waals surface area contributed by atoms with Crippen LogP contribution in [0, 0.1) is 0 Å². The number of rotatable bonds is 8. The van der Waals surface area contributed by atoms with Crippen molar-refractivity contribution in [2.24, 2.45) is 0 Å². The number of hydrogen-bond acceptors (Lipinski definition) is 4. The number of fused-ring (bicyclic) bond motifs is 1. The molecule has 2 N–H and O–H groups in total. The number of pyridine rings is 1. The SMILES string of the molecule is CN(Cc1ccc2ncccc2c1)C(=O)CC[C@]1(CCC(=O)O)CCC(=O)N1. The number of amides is 2. The first kappa shape index (κ1) is 19.8. The molecule has 1 aromatic carbocycles. The number of nitrogens with one attached hydrogen (secondary N) is 1. The first-order chi connectivity index (χ1) is 13.4. The highest BCUT2D eigenvalue weighted by Gasteiger charge is 2.38. The summed E-state index contributed by atoms with van der Waals surface area (Å²) >= 11 is 0. The van der Waals surface area contributed by atoms with Crippen molar-refractivity contribution in [3.05, 3.63) is 42.1 Å². The average Bonchev–Trinajstić information content (AvgIpc) is 3.05. The van der Waals surface area contributed by atoms with Crippen molar-refractivity contribution in [2.45, 2.75) is 50.6 Å². The van der Waals surface area contributed by atoms with E-state index < -0.39 is 11.5 Å². The van der Waals surface area contributed by atoms with Gasteiger partial charge in [0.1, 0.15) is 0 Å². The van der Waals surface area contributed by atoms with Gasteiger partial charge < -0.3 is 15.3 Å². The maximum absolute atomic E-state index is 12.6. The minimum Gasteiger partial charge on any atom is -0.481 e. The molecule has 1 fully saturated rings. The molecule has 1 aliphatic rings. The van der Waals surface area contributed by atoms with Gasteiger partial charge in [0, 0.05) is 50.0 Å². The third-order valence-electron chi connectivity index (χ3n) is 5.38. The number of carboxylic acids is 1.